The second kappa shape index (κ2) is 5.83. The van der Waals surface area contributed by atoms with Crippen LogP contribution >= 0.6 is 11.6 Å². The SMILES string of the molecule is O=c1[nH]c(CN2CCC[C@@H]2c2ccc[nH]2)nc2cc(Cl)ccc12. The normalized spacial score (nSPS) is 18.7. The van der Waals surface area contributed by atoms with Crippen LogP contribution < -0.4 is 5.56 Å². The van der Waals surface area contributed by atoms with E-state index in [4.69, 9.17) is 11.6 Å². The zero-order chi connectivity index (χ0) is 15.8. The third kappa shape index (κ3) is 2.78. The van der Waals surface area contributed by atoms with Gasteiger partial charge in [-0.2, -0.15) is 0 Å². The Morgan fingerprint density at radius 3 is 3.09 bits per heavy atom. The number of aromatic amines is 2. The molecule has 118 valence electrons. The summed E-state index contributed by atoms with van der Waals surface area (Å²) in [6.07, 6.45) is 4.21. The number of likely N-dealkylation sites (tertiary alicyclic amines) is 1. The summed E-state index contributed by atoms with van der Waals surface area (Å²) in [7, 11) is 0. The fourth-order valence-corrected chi connectivity index (χ4v) is 3.51. The number of aromatic nitrogens is 3. The fraction of sp³-hybridized carbons (Fsp3) is 0.294. The molecule has 0 bridgehead atoms. The lowest BCUT2D eigenvalue weighted by atomic mass is 10.1. The molecule has 1 aliphatic rings. The molecule has 6 heteroatoms. The maximum absolute atomic E-state index is 12.2. The number of benzene rings is 1. The predicted molar refractivity (Wildman–Crippen MR) is 90.6 cm³/mol. The monoisotopic (exact) mass is 328 g/mol. The van der Waals surface area contributed by atoms with Crippen molar-refractivity contribution in [3.05, 3.63) is 63.4 Å². The number of rotatable bonds is 3. The molecule has 3 heterocycles. The van der Waals surface area contributed by atoms with Gasteiger partial charge in [-0.05, 0) is 49.7 Å². The Morgan fingerprint density at radius 2 is 2.26 bits per heavy atom. The minimum absolute atomic E-state index is 0.114. The molecule has 0 spiro atoms. The zero-order valence-corrected chi connectivity index (χ0v) is 13.3. The Kier molecular flexibility index (Phi) is 3.67. The summed E-state index contributed by atoms with van der Waals surface area (Å²) in [4.78, 5) is 25.4. The molecular weight excluding hydrogens is 312 g/mol. The zero-order valence-electron chi connectivity index (χ0n) is 12.6. The van der Waals surface area contributed by atoms with Gasteiger partial charge >= 0.3 is 0 Å². The number of hydrogen-bond donors (Lipinski definition) is 2. The van der Waals surface area contributed by atoms with Gasteiger partial charge in [-0.25, -0.2) is 4.98 Å². The lowest BCUT2D eigenvalue weighted by Gasteiger charge is -2.23. The van der Waals surface area contributed by atoms with E-state index in [1.54, 1.807) is 18.2 Å². The van der Waals surface area contributed by atoms with Crippen LogP contribution in [0, 0.1) is 0 Å². The van der Waals surface area contributed by atoms with Gasteiger partial charge in [0.1, 0.15) is 5.82 Å². The van der Waals surface area contributed by atoms with E-state index in [1.165, 1.54) is 5.69 Å². The van der Waals surface area contributed by atoms with Gasteiger partial charge in [0.05, 0.1) is 23.5 Å². The van der Waals surface area contributed by atoms with Gasteiger partial charge < -0.3 is 9.97 Å². The standard InChI is InChI=1S/C17H17ClN4O/c18-11-5-6-12-14(9-11)20-16(21-17(12)23)10-22-8-2-4-15(22)13-3-1-7-19-13/h1,3,5-7,9,15,19H,2,4,8,10H2,(H,20,21,23)/t15-/m1/s1. The number of nitrogens with zero attached hydrogens (tertiary/aromatic N) is 2. The van der Waals surface area contributed by atoms with E-state index in [1.807, 2.05) is 12.3 Å². The van der Waals surface area contributed by atoms with Crippen LogP contribution in [0.2, 0.25) is 5.02 Å². The number of H-pyrrole nitrogens is 2. The molecule has 0 saturated carbocycles. The number of nitrogens with one attached hydrogen (secondary N) is 2. The van der Waals surface area contributed by atoms with Gasteiger partial charge in [0.2, 0.25) is 0 Å². The number of hydrogen-bond acceptors (Lipinski definition) is 3. The molecular formula is C17H17ClN4O. The molecule has 4 rings (SSSR count). The van der Waals surface area contributed by atoms with E-state index in [9.17, 15) is 4.79 Å². The highest BCUT2D eigenvalue weighted by Crippen LogP contribution is 2.31. The molecule has 2 aromatic heterocycles. The molecule has 1 aliphatic heterocycles. The Hall–Kier alpha value is -2.11. The third-order valence-corrected chi connectivity index (χ3v) is 4.65. The maximum atomic E-state index is 12.2. The van der Waals surface area contributed by atoms with Gasteiger partial charge in [-0.3, -0.25) is 9.69 Å². The van der Waals surface area contributed by atoms with E-state index in [0.717, 1.165) is 19.4 Å². The first-order valence-electron chi connectivity index (χ1n) is 7.76. The lowest BCUT2D eigenvalue weighted by molar-refractivity contribution is 0.239. The van der Waals surface area contributed by atoms with Gasteiger partial charge in [0.15, 0.2) is 0 Å². The van der Waals surface area contributed by atoms with Crippen molar-refractivity contribution in [2.45, 2.75) is 25.4 Å². The summed E-state index contributed by atoms with van der Waals surface area (Å²) in [6.45, 7) is 1.63. The van der Waals surface area contributed by atoms with Crippen LogP contribution in [-0.2, 0) is 6.54 Å². The van der Waals surface area contributed by atoms with E-state index in [-0.39, 0.29) is 5.56 Å². The van der Waals surface area contributed by atoms with Crippen LogP contribution in [0.4, 0.5) is 0 Å². The highest BCUT2D eigenvalue weighted by Gasteiger charge is 2.27. The van der Waals surface area contributed by atoms with Crippen LogP contribution in [0.1, 0.15) is 30.4 Å². The van der Waals surface area contributed by atoms with Gasteiger partial charge in [-0.15, -0.1) is 0 Å². The van der Waals surface area contributed by atoms with Gasteiger partial charge in [0.25, 0.3) is 5.56 Å². The van der Waals surface area contributed by atoms with Crippen molar-refractivity contribution in [1.29, 1.82) is 0 Å². The first-order valence-corrected chi connectivity index (χ1v) is 8.14. The first kappa shape index (κ1) is 14.5. The van der Waals surface area contributed by atoms with E-state index >= 15 is 0 Å². The molecule has 0 unspecified atom stereocenters. The topological polar surface area (TPSA) is 64.8 Å². The van der Waals surface area contributed by atoms with Crippen molar-refractivity contribution < 1.29 is 0 Å². The molecule has 1 atom stereocenters. The van der Waals surface area contributed by atoms with Crippen molar-refractivity contribution >= 4 is 22.5 Å². The average molecular weight is 329 g/mol. The molecule has 23 heavy (non-hydrogen) atoms. The predicted octanol–water partition coefficient (Wildman–Crippen LogP) is 3.24. The summed E-state index contributed by atoms with van der Waals surface area (Å²) in [5.41, 5.74) is 1.75. The fourth-order valence-electron chi connectivity index (χ4n) is 3.35. The Bertz CT molecular complexity index is 887. The molecule has 2 N–H and O–H groups in total. The molecule has 0 aliphatic carbocycles. The van der Waals surface area contributed by atoms with Crippen LogP contribution in [-0.4, -0.2) is 26.4 Å². The van der Waals surface area contributed by atoms with Crippen LogP contribution in [0.15, 0.2) is 41.3 Å². The second-order valence-corrected chi connectivity index (χ2v) is 6.36. The highest BCUT2D eigenvalue weighted by molar-refractivity contribution is 6.31. The van der Waals surface area contributed by atoms with Crippen LogP contribution in [0.3, 0.4) is 0 Å². The van der Waals surface area contributed by atoms with Crippen LogP contribution in [0.25, 0.3) is 10.9 Å². The summed E-state index contributed by atoms with van der Waals surface area (Å²) in [5, 5.41) is 1.16. The molecule has 1 fully saturated rings. The number of fused-ring (bicyclic) bond motifs is 1. The van der Waals surface area contributed by atoms with E-state index in [0.29, 0.717) is 34.3 Å². The van der Waals surface area contributed by atoms with Crippen molar-refractivity contribution in [3.63, 3.8) is 0 Å². The molecule has 5 nitrogen and oxygen atoms in total. The van der Waals surface area contributed by atoms with Crippen molar-refractivity contribution in [2.75, 3.05) is 6.54 Å². The van der Waals surface area contributed by atoms with Crippen molar-refractivity contribution in [1.82, 2.24) is 19.9 Å². The minimum atomic E-state index is -0.114. The van der Waals surface area contributed by atoms with Crippen LogP contribution in [0.5, 0.6) is 0 Å². The maximum Gasteiger partial charge on any atom is 0.258 e. The van der Waals surface area contributed by atoms with Gasteiger partial charge in [0, 0.05) is 16.9 Å². The second-order valence-electron chi connectivity index (χ2n) is 5.93. The lowest BCUT2D eigenvalue weighted by Crippen LogP contribution is -2.25. The van der Waals surface area contributed by atoms with E-state index < -0.39 is 0 Å². The summed E-state index contributed by atoms with van der Waals surface area (Å²) in [6, 6.07) is 9.64. The number of halogens is 1. The largest absolute Gasteiger partial charge is 0.364 e. The van der Waals surface area contributed by atoms with Gasteiger partial charge in [-0.1, -0.05) is 11.6 Å². The quantitative estimate of drug-likeness (QED) is 0.775. The molecule has 1 saturated heterocycles. The first-order chi connectivity index (χ1) is 11.2. The molecule has 1 aromatic carbocycles. The summed E-state index contributed by atoms with van der Waals surface area (Å²) < 4.78 is 0. The smallest absolute Gasteiger partial charge is 0.258 e. The molecule has 3 aromatic rings. The summed E-state index contributed by atoms with van der Waals surface area (Å²) >= 11 is 6.02. The summed E-state index contributed by atoms with van der Waals surface area (Å²) in [5.74, 6) is 0.684. The van der Waals surface area contributed by atoms with Crippen molar-refractivity contribution in [3.8, 4) is 0 Å². The van der Waals surface area contributed by atoms with Crippen molar-refractivity contribution in [2.24, 2.45) is 0 Å². The highest BCUT2D eigenvalue weighted by atomic mass is 35.5. The third-order valence-electron chi connectivity index (χ3n) is 4.42. The Labute approximate surface area is 138 Å². The minimum Gasteiger partial charge on any atom is -0.364 e. The molecule has 0 amide bonds. The Balaban J connectivity index is 1.66. The average Bonchev–Trinajstić information content (AvgIpc) is 3.17. The van der Waals surface area contributed by atoms with E-state index in [2.05, 4.69) is 25.9 Å². The molecule has 0 radical (unpaired) electrons. The Morgan fingerprint density at radius 1 is 1.35 bits per heavy atom.